The summed E-state index contributed by atoms with van der Waals surface area (Å²) in [6, 6.07) is 6.10. The number of H-pyrrole nitrogens is 1. The molecular weight excluding hydrogens is 375 g/mol. The number of amides is 1. The highest BCUT2D eigenvalue weighted by Crippen LogP contribution is 2.26. The van der Waals surface area contributed by atoms with Crippen LogP contribution in [0.3, 0.4) is 0 Å². The number of nitrogens with one attached hydrogen (secondary N) is 1. The van der Waals surface area contributed by atoms with Crippen LogP contribution in [-0.2, 0) is 11.3 Å². The lowest BCUT2D eigenvalue weighted by Crippen LogP contribution is -2.38. The van der Waals surface area contributed by atoms with Crippen molar-refractivity contribution >= 4 is 17.1 Å². The van der Waals surface area contributed by atoms with Crippen molar-refractivity contribution in [3.05, 3.63) is 51.8 Å². The fraction of sp³-hybridized carbons (Fsp3) is 0.450. The average molecular weight is 398 g/mol. The second-order valence-electron chi connectivity index (χ2n) is 7.40. The first kappa shape index (κ1) is 19.2. The standard InChI is InChI=1S/C20H23FN6O2/c1-2-3-16(28)26-10-8-14(9-11-26)18-22-19-17(20(29)23-18)24-25-27(19)12-13-4-6-15(21)7-5-13/h4-7,14H,2-3,8-12H2,1H3,(H,22,23,29). The number of hydrogen-bond acceptors (Lipinski definition) is 5. The van der Waals surface area contributed by atoms with E-state index in [9.17, 15) is 14.0 Å². The Morgan fingerprint density at radius 2 is 1.97 bits per heavy atom. The first-order chi connectivity index (χ1) is 14.0. The molecule has 9 heteroatoms. The smallest absolute Gasteiger partial charge is 0.281 e. The summed E-state index contributed by atoms with van der Waals surface area (Å²) in [6.45, 7) is 3.67. The molecule has 0 spiro atoms. The molecule has 1 saturated heterocycles. The van der Waals surface area contributed by atoms with E-state index in [2.05, 4.69) is 20.3 Å². The van der Waals surface area contributed by atoms with E-state index >= 15 is 0 Å². The predicted molar refractivity (Wildman–Crippen MR) is 105 cm³/mol. The number of likely N-dealkylation sites (tertiary alicyclic amines) is 1. The lowest BCUT2D eigenvalue weighted by atomic mass is 9.95. The highest BCUT2D eigenvalue weighted by molar-refractivity contribution is 5.76. The third-order valence-corrected chi connectivity index (χ3v) is 5.34. The molecule has 1 aliphatic rings. The van der Waals surface area contributed by atoms with Crippen LogP contribution in [0, 0.1) is 5.82 Å². The first-order valence-electron chi connectivity index (χ1n) is 9.90. The number of halogens is 1. The van der Waals surface area contributed by atoms with E-state index in [0.717, 1.165) is 24.8 Å². The molecule has 1 aliphatic heterocycles. The second kappa shape index (κ2) is 8.10. The van der Waals surface area contributed by atoms with Crippen LogP contribution in [0.15, 0.2) is 29.1 Å². The van der Waals surface area contributed by atoms with Crippen molar-refractivity contribution in [3.8, 4) is 0 Å². The van der Waals surface area contributed by atoms with Crippen LogP contribution in [0.5, 0.6) is 0 Å². The molecule has 1 amide bonds. The Morgan fingerprint density at radius 3 is 2.66 bits per heavy atom. The summed E-state index contributed by atoms with van der Waals surface area (Å²) in [5, 5.41) is 8.01. The monoisotopic (exact) mass is 398 g/mol. The van der Waals surface area contributed by atoms with Crippen molar-refractivity contribution in [2.75, 3.05) is 13.1 Å². The van der Waals surface area contributed by atoms with Gasteiger partial charge in [-0.05, 0) is 37.0 Å². The number of hydrogen-bond donors (Lipinski definition) is 1. The highest BCUT2D eigenvalue weighted by atomic mass is 19.1. The summed E-state index contributed by atoms with van der Waals surface area (Å²) in [4.78, 5) is 33.9. The molecule has 2 aromatic heterocycles. The topological polar surface area (TPSA) is 96.8 Å². The van der Waals surface area contributed by atoms with Gasteiger partial charge in [0.2, 0.25) is 5.91 Å². The molecule has 3 aromatic rings. The van der Waals surface area contributed by atoms with Gasteiger partial charge in [-0.2, -0.15) is 0 Å². The number of aromatic amines is 1. The first-order valence-corrected chi connectivity index (χ1v) is 9.90. The Hall–Kier alpha value is -3.10. The fourth-order valence-electron chi connectivity index (χ4n) is 3.72. The summed E-state index contributed by atoms with van der Waals surface area (Å²) >= 11 is 0. The van der Waals surface area contributed by atoms with E-state index in [0.29, 0.717) is 37.5 Å². The molecule has 1 aromatic carbocycles. The minimum atomic E-state index is -0.320. The van der Waals surface area contributed by atoms with Gasteiger partial charge < -0.3 is 9.88 Å². The third kappa shape index (κ3) is 4.03. The summed E-state index contributed by atoms with van der Waals surface area (Å²) in [7, 11) is 0. The number of carbonyl (C=O) groups excluding carboxylic acids is 1. The molecule has 0 unspecified atom stereocenters. The van der Waals surface area contributed by atoms with Crippen molar-refractivity contribution in [3.63, 3.8) is 0 Å². The number of nitrogens with zero attached hydrogens (tertiary/aromatic N) is 5. The normalized spacial score (nSPS) is 15.2. The van der Waals surface area contributed by atoms with Gasteiger partial charge in [0.1, 0.15) is 11.6 Å². The molecule has 0 aliphatic carbocycles. The molecule has 0 atom stereocenters. The number of benzene rings is 1. The van der Waals surface area contributed by atoms with Gasteiger partial charge in [0.05, 0.1) is 6.54 Å². The molecule has 8 nitrogen and oxygen atoms in total. The molecule has 0 bridgehead atoms. The SMILES string of the molecule is CCCC(=O)N1CCC(c2nc3c(nnn3Cc3ccc(F)cc3)c(=O)[nH]2)CC1. The number of carbonyl (C=O) groups is 1. The lowest BCUT2D eigenvalue weighted by Gasteiger charge is -2.31. The van der Waals surface area contributed by atoms with Crippen molar-refractivity contribution in [1.82, 2.24) is 29.9 Å². The van der Waals surface area contributed by atoms with E-state index in [-0.39, 0.29) is 28.7 Å². The van der Waals surface area contributed by atoms with Crippen molar-refractivity contribution in [2.45, 2.75) is 45.1 Å². The van der Waals surface area contributed by atoms with Crippen LogP contribution >= 0.6 is 0 Å². The van der Waals surface area contributed by atoms with Crippen molar-refractivity contribution in [1.29, 1.82) is 0 Å². The Morgan fingerprint density at radius 1 is 1.24 bits per heavy atom. The molecule has 0 saturated carbocycles. The minimum Gasteiger partial charge on any atom is -0.343 e. The molecule has 4 rings (SSSR count). The Bertz CT molecular complexity index is 1070. The summed E-state index contributed by atoms with van der Waals surface area (Å²) < 4.78 is 14.7. The number of fused-ring (bicyclic) bond motifs is 1. The maximum atomic E-state index is 13.1. The fourth-order valence-corrected chi connectivity index (χ4v) is 3.72. The van der Waals surface area contributed by atoms with Crippen LogP contribution in [0.1, 0.15) is 49.9 Å². The number of rotatable bonds is 5. The molecule has 3 heterocycles. The second-order valence-corrected chi connectivity index (χ2v) is 7.40. The summed E-state index contributed by atoms with van der Waals surface area (Å²) in [5.41, 5.74) is 1.12. The van der Waals surface area contributed by atoms with Gasteiger partial charge in [0.15, 0.2) is 11.2 Å². The molecule has 152 valence electrons. The van der Waals surface area contributed by atoms with Gasteiger partial charge in [-0.3, -0.25) is 9.59 Å². The largest absolute Gasteiger partial charge is 0.343 e. The van der Waals surface area contributed by atoms with Gasteiger partial charge in [-0.25, -0.2) is 14.1 Å². The van der Waals surface area contributed by atoms with Crippen LogP contribution in [-0.4, -0.2) is 48.9 Å². The van der Waals surface area contributed by atoms with Gasteiger partial charge in [-0.15, -0.1) is 5.10 Å². The summed E-state index contributed by atoms with van der Waals surface area (Å²) in [5.74, 6) is 0.557. The number of piperidine rings is 1. The molecule has 0 radical (unpaired) electrons. The number of aromatic nitrogens is 5. The zero-order chi connectivity index (χ0) is 20.4. The van der Waals surface area contributed by atoms with Gasteiger partial charge in [0, 0.05) is 25.4 Å². The minimum absolute atomic E-state index is 0.0759. The van der Waals surface area contributed by atoms with Gasteiger partial charge in [0.25, 0.3) is 5.56 Å². The Labute approximate surface area is 166 Å². The van der Waals surface area contributed by atoms with E-state index in [4.69, 9.17) is 0 Å². The van der Waals surface area contributed by atoms with Crippen molar-refractivity contribution < 1.29 is 9.18 Å². The third-order valence-electron chi connectivity index (χ3n) is 5.34. The van der Waals surface area contributed by atoms with E-state index < -0.39 is 0 Å². The molecular formula is C20H23FN6O2. The molecule has 1 N–H and O–H groups in total. The summed E-state index contributed by atoms with van der Waals surface area (Å²) in [6.07, 6.45) is 2.92. The maximum absolute atomic E-state index is 13.1. The van der Waals surface area contributed by atoms with Crippen molar-refractivity contribution in [2.24, 2.45) is 0 Å². The average Bonchev–Trinajstić information content (AvgIpc) is 3.13. The van der Waals surface area contributed by atoms with E-state index in [1.54, 1.807) is 16.8 Å². The molecule has 29 heavy (non-hydrogen) atoms. The van der Waals surface area contributed by atoms with E-state index in [1.807, 2.05) is 11.8 Å². The highest BCUT2D eigenvalue weighted by Gasteiger charge is 2.26. The zero-order valence-corrected chi connectivity index (χ0v) is 16.3. The zero-order valence-electron chi connectivity index (χ0n) is 16.3. The Balaban J connectivity index is 1.56. The quantitative estimate of drug-likeness (QED) is 0.711. The van der Waals surface area contributed by atoms with Gasteiger partial charge in [-0.1, -0.05) is 24.3 Å². The van der Waals surface area contributed by atoms with Crippen LogP contribution < -0.4 is 5.56 Å². The van der Waals surface area contributed by atoms with Crippen LogP contribution in [0.25, 0.3) is 11.2 Å². The van der Waals surface area contributed by atoms with Crippen LogP contribution in [0.2, 0.25) is 0 Å². The van der Waals surface area contributed by atoms with Crippen LogP contribution in [0.4, 0.5) is 4.39 Å². The van der Waals surface area contributed by atoms with Gasteiger partial charge >= 0.3 is 0 Å². The lowest BCUT2D eigenvalue weighted by molar-refractivity contribution is -0.132. The molecule has 1 fully saturated rings. The van der Waals surface area contributed by atoms with E-state index in [1.165, 1.54) is 12.1 Å². The maximum Gasteiger partial charge on any atom is 0.281 e. The predicted octanol–water partition coefficient (Wildman–Crippen LogP) is 2.21. The Kier molecular flexibility index (Phi) is 5.37.